The molecule has 0 unspecified atom stereocenters. The molecule has 2 heterocycles. The molecule has 1 N–H and O–H groups in total. The van der Waals surface area contributed by atoms with Gasteiger partial charge in [0.15, 0.2) is 0 Å². The molecule has 0 spiro atoms. The number of nitrogens with zero attached hydrogens (tertiary/aromatic N) is 2. The molecule has 2 atom stereocenters. The number of aromatic nitrogens is 1. The first-order valence-corrected chi connectivity index (χ1v) is 9.50. The Morgan fingerprint density at radius 3 is 2.92 bits per heavy atom. The van der Waals surface area contributed by atoms with Crippen molar-refractivity contribution in [3.05, 3.63) is 30.1 Å². The van der Waals surface area contributed by atoms with Gasteiger partial charge in [0.05, 0.1) is 12.7 Å². The first-order chi connectivity index (χ1) is 12.3. The van der Waals surface area contributed by atoms with E-state index in [1.165, 1.54) is 0 Å². The van der Waals surface area contributed by atoms with E-state index in [4.69, 9.17) is 4.74 Å². The van der Waals surface area contributed by atoms with Gasteiger partial charge in [0.1, 0.15) is 11.9 Å². The minimum Gasteiger partial charge on any atom is -0.487 e. The van der Waals surface area contributed by atoms with Crippen molar-refractivity contribution < 1.29 is 9.53 Å². The number of likely N-dealkylation sites (tertiary alicyclic amines) is 1. The van der Waals surface area contributed by atoms with Gasteiger partial charge in [0.2, 0.25) is 5.91 Å². The van der Waals surface area contributed by atoms with Crippen LogP contribution < -0.4 is 10.1 Å². The molecule has 1 amide bonds. The zero-order valence-corrected chi connectivity index (χ0v) is 16.8. The van der Waals surface area contributed by atoms with Gasteiger partial charge in [-0.3, -0.25) is 9.78 Å². The first-order valence-electron chi connectivity index (χ1n) is 9.50. The SMILES string of the molecule is CN[C@@H](C)C/C=C/c1cncc(O[C@H]2CCN(C(=O)CC(C)(C)C)C2)c1. The van der Waals surface area contributed by atoms with Crippen LogP contribution in [0.5, 0.6) is 5.75 Å². The fourth-order valence-electron chi connectivity index (χ4n) is 2.93. The molecule has 0 radical (unpaired) electrons. The molecule has 0 bridgehead atoms. The Labute approximate surface area is 157 Å². The predicted octanol–water partition coefficient (Wildman–Crippen LogP) is 3.51. The van der Waals surface area contributed by atoms with E-state index in [0.717, 1.165) is 30.7 Å². The van der Waals surface area contributed by atoms with Crippen LogP contribution in [-0.2, 0) is 4.79 Å². The van der Waals surface area contributed by atoms with Crippen LogP contribution in [0, 0.1) is 5.41 Å². The Hall–Kier alpha value is -1.88. The average Bonchev–Trinajstić information content (AvgIpc) is 3.02. The largest absolute Gasteiger partial charge is 0.487 e. The molecule has 0 aliphatic carbocycles. The first kappa shape index (κ1) is 20.4. The zero-order chi connectivity index (χ0) is 19.2. The molecular formula is C21H33N3O2. The molecule has 2 rings (SSSR count). The van der Waals surface area contributed by atoms with E-state index in [0.29, 0.717) is 19.0 Å². The highest BCUT2D eigenvalue weighted by Crippen LogP contribution is 2.24. The van der Waals surface area contributed by atoms with E-state index < -0.39 is 0 Å². The second-order valence-electron chi connectivity index (χ2n) is 8.39. The second-order valence-corrected chi connectivity index (χ2v) is 8.39. The Kier molecular flexibility index (Phi) is 7.21. The minimum absolute atomic E-state index is 0.0193. The highest BCUT2D eigenvalue weighted by molar-refractivity contribution is 5.77. The molecule has 1 aliphatic heterocycles. The Morgan fingerprint density at radius 2 is 2.23 bits per heavy atom. The number of ether oxygens (including phenoxy) is 1. The highest BCUT2D eigenvalue weighted by Gasteiger charge is 2.29. The average molecular weight is 360 g/mol. The van der Waals surface area contributed by atoms with Crippen LogP contribution in [0.3, 0.4) is 0 Å². The number of rotatable bonds is 7. The molecule has 5 nitrogen and oxygen atoms in total. The number of hydrogen-bond acceptors (Lipinski definition) is 4. The van der Waals surface area contributed by atoms with Crippen LogP contribution in [-0.4, -0.2) is 48.1 Å². The Morgan fingerprint density at radius 1 is 1.46 bits per heavy atom. The maximum Gasteiger partial charge on any atom is 0.223 e. The standard InChI is InChI=1S/C21H33N3O2/c1-16(22-5)7-6-8-17-11-19(14-23-13-17)26-18-9-10-24(15-18)20(25)12-21(2,3)4/h6,8,11,13-14,16,18,22H,7,9-10,12,15H2,1-5H3/b8-6+/t16-,18-/m0/s1. The lowest BCUT2D eigenvalue weighted by molar-refractivity contribution is -0.132. The number of carbonyl (C=O) groups excluding carboxylic acids is 1. The maximum atomic E-state index is 12.4. The predicted molar refractivity (Wildman–Crippen MR) is 106 cm³/mol. The van der Waals surface area contributed by atoms with Crippen LogP contribution >= 0.6 is 0 Å². The smallest absolute Gasteiger partial charge is 0.223 e. The third-order valence-electron chi connectivity index (χ3n) is 4.51. The second kappa shape index (κ2) is 9.17. The molecule has 144 valence electrons. The monoisotopic (exact) mass is 359 g/mol. The van der Waals surface area contributed by atoms with E-state index >= 15 is 0 Å². The minimum atomic E-state index is 0.0193. The fourth-order valence-corrected chi connectivity index (χ4v) is 2.93. The number of amides is 1. The summed E-state index contributed by atoms with van der Waals surface area (Å²) in [5, 5.41) is 3.21. The van der Waals surface area contributed by atoms with Crippen molar-refractivity contribution in [3.63, 3.8) is 0 Å². The van der Waals surface area contributed by atoms with Crippen LogP contribution in [0.25, 0.3) is 6.08 Å². The van der Waals surface area contributed by atoms with Crippen LogP contribution in [0.15, 0.2) is 24.5 Å². The summed E-state index contributed by atoms with van der Waals surface area (Å²) in [7, 11) is 1.96. The van der Waals surface area contributed by atoms with Gasteiger partial charge in [-0.1, -0.05) is 32.9 Å². The molecular weight excluding hydrogens is 326 g/mol. The van der Waals surface area contributed by atoms with E-state index in [-0.39, 0.29) is 17.4 Å². The van der Waals surface area contributed by atoms with Crippen molar-refractivity contribution in [2.75, 3.05) is 20.1 Å². The van der Waals surface area contributed by atoms with E-state index in [2.05, 4.69) is 50.1 Å². The van der Waals surface area contributed by atoms with Crippen LogP contribution in [0.1, 0.15) is 52.5 Å². The molecule has 1 aromatic rings. The summed E-state index contributed by atoms with van der Waals surface area (Å²) in [5.41, 5.74) is 1.05. The van der Waals surface area contributed by atoms with Crippen molar-refractivity contribution in [2.24, 2.45) is 5.41 Å². The molecule has 0 saturated carbocycles. The summed E-state index contributed by atoms with van der Waals surface area (Å²) in [6, 6.07) is 2.46. The fraction of sp³-hybridized carbons (Fsp3) is 0.619. The van der Waals surface area contributed by atoms with Gasteiger partial charge in [0, 0.05) is 31.6 Å². The van der Waals surface area contributed by atoms with Crippen LogP contribution in [0.2, 0.25) is 0 Å². The van der Waals surface area contributed by atoms with Crippen molar-refractivity contribution in [1.82, 2.24) is 15.2 Å². The summed E-state index contributed by atoms with van der Waals surface area (Å²) in [6.07, 6.45) is 10.3. The third kappa shape index (κ3) is 6.79. The number of carbonyl (C=O) groups is 1. The Balaban J connectivity index is 1.88. The lowest BCUT2D eigenvalue weighted by atomic mass is 9.92. The topological polar surface area (TPSA) is 54.5 Å². The molecule has 26 heavy (non-hydrogen) atoms. The Bertz CT molecular complexity index is 622. The van der Waals surface area contributed by atoms with Crippen molar-refractivity contribution in [2.45, 2.75) is 59.1 Å². The van der Waals surface area contributed by atoms with Gasteiger partial charge in [-0.05, 0) is 37.4 Å². The highest BCUT2D eigenvalue weighted by atomic mass is 16.5. The van der Waals surface area contributed by atoms with E-state index in [9.17, 15) is 4.79 Å². The van der Waals surface area contributed by atoms with Gasteiger partial charge < -0.3 is 15.0 Å². The summed E-state index contributed by atoms with van der Waals surface area (Å²) in [5.74, 6) is 0.987. The molecule has 1 fully saturated rings. The molecule has 1 aromatic heterocycles. The van der Waals surface area contributed by atoms with Crippen LogP contribution in [0.4, 0.5) is 0 Å². The molecule has 1 aliphatic rings. The summed E-state index contributed by atoms with van der Waals surface area (Å²) < 4.78 is 6.07. The van der Waals surface area contributed by atoms with Crippen molar-refractivity contribution in [3.8, 4) is 5.75 Å². The number of pyridine rings is 1. The van der Waals surface area contributed by atoms with Gasteiger partial charge in [-0.25, -0.2) is 0 Å². The van der Waals surface area contributed by atoms with Gasteiger partial charge in [-0.15, -0.1) is 0 Å². The molecule has 1 saturated heterocycles. The number of nitrogens with one attached hydrogen (secondary N) is 1. The lowest BCUT2D eigenvalue weighted by Gasteiger charge is -2.23. The van der Waals surface area contributed by atoms with E-state index in [1.807, 2.05) is 24.2 Å². The van der Waals surface area contributed by atoms with Gasteiger partial charge in [-0.2, -0.15) is 0 Å². The summed E-state index contributed by atoms with van der Waals surface area (Å²) in [6.45, 7) is 9.86. The van der Waals surface area contributed by atoms with E-state index in [1.54, 1.807) is 6.20 Å². The summed E-state index contributed by atoms with van der Waals surface area (Å²) >= 11 is 0. The van der Waals surface area contributed by atoms with Gasteiger partial charge in [0.25, 0.3) is 0 Å². The van der Waals surface area contributed by atoms with Crippen molar-refractivity contribution in [1.29, 1.82) is 0 Å². The maximum absolute atomic E-state index is 12.4. The van der Waals surface area contributed by atoms with Gasteiger partial charge >= 0.3 is 0 Å². The quantitative estimate of drug-likeness (QED) is 0.809. The lowest BCUT2D eigenvalue weighted by Crippen LogP contribution is -2.33. The zero-order valence-electron chi connectivity index (χ0n) is 16.8. The summed E-state index contributed by atoms with van der Waals surface area (Å²) in [4.78, 5) is 18.6. The van der Waals surface area contributed by atoms with Crippen molar-refractivity contribution >= 4 is 12.0 Å². The molecule has 5 heteroatoms. The number of hydrogen-bond donors (Lipinski definition) is 1. The normalized spacial score (nSPS) is 19.1. The molecule has 0 aromatic carbocycles. The third-order valence-corrected chi connectivity index (χ3v) is 4.51.